The highest BCUT2D eigenvalue weighted by atomic mass is 35.5. The highest BCUT2D eigenvalue weighted by molar-refractivity contribution is 5.94. The van der Waals surface area contributed by atoms with Gasteiger partial charge in [0.2, 0.25) is 0 Å². The van der Waals surface area contributed by atoms with Gasteiger partial charge in [0, 0.05) is 11.6 Å². The Morgan fingerprint density at radius 3 is 2.56 bits per heavy atom. The fraction of sp³-hybridized carbons (Fsp3) is 0.650. The van der Waals surface area contributed by atoms with Gasteiger partial charge >= 0.3 is 0 Å². The van der Waals surface area contributed by atoms with Gasteiger partial charge in [0.05, 0.1) is 6.61 Å². The molecule has 3 rings (SSSR count). The maximum atomic E-state index is 12.4. The highest BCUT2D eigenvalue weighted by Gasteiger charge is 2.23. The number of piperidine rings is 1. The summed E-state index contributed by atoms with van der Waals surface area (Å²) in [6.45, 7) is 4.93. The summed E-state index contributed by atoms with van der Waals surface area (Å²) in [4.78, 5) is 12.4. The van der Waals surface area contributed by atoms with E-state index in [0.29, 0.717) is 17.4 Å². The SMILES string of the molecule is CC1CNCCC1NC(=O)c1ccc(OCC2CCCCC2)cc1.Cl. The van der Waals surface area contributed by atoms with Crippen LogP contribution in [0.15, 0.2) is 24.3 Å². The summed E-state index contributed by atoms with van der Waals surface area (Å²) in [6.07, 6.45) is 7.61. The molecule has 25 heavy (non-hydrogen) atoms. The van der Waals surface area contributed by atoms with Gasteiger partial charge in [0.15, 0.2) is 0 Å². The number of hydrogen-bond acceptors (Lipinski definition) is 3. The molecule has 1 heterocycles. The molecule has 1 amide bonds. The van der Waals surface area contributed by atoms with Crippen molar-refractivity contribution in [2.45, 2.75) is 51.5 Å². The first kappa shape index (κ1) is 20.1. The molecule has 1 aliphatic heterocycles. The molecule has 0 bridgehead atoms. The third-order valence-corrected chi connectivity index (χ3v) is 5.43. The van der Waals surface area contributed by atoms with E-state index in [1.54, 1.807) is 0 Å². The number of carbonyl (C=O) groups excluding carboxylic acids is 1. The summed E-state index contributed by atoms with van der Waals surface area (Å²) in [5, 5.41) is 6.53. The maximum Gasteiger partial charge on any atom is 0.251 e. The Labute approximate surface area is 157 Å². The summed E-state index contributed by atoms with van der Waals surface area (Å²) in [6, 6.07) is 7.85. The number of benzene rings is 1. The molecule has 2 fully saturated rings. The lowest BCUT2D eigenvalue weighted by Gasteiger charge is -2.30. The first-order chi connectivity index (χ1) is 11.7. The average Bonchev–Trinajstić information content (AvgIpc) is 2.63. The molecule has 2 aliphatic rings. The fourth-order valence-corrected chi connectivity index (χ4v) is 3.75. The highest BCUT2D eigenvalue weighted by Crippen LogP contribution is 2.24. The minimum Gasteiger partial charge on any atom is -0.493 e. The van der Waals surface area contributed by atoms with E-state index >= 15 is 0 Å². The van der Waals surface area contributed by atoms with Crippen LogP contribution in [0.1, 0.15) is 55.8 Å². The second-order valence-electron chi connectivity index (χ2n) is 7.39. The van der Waals surface area contributed by atoms with E-state index < -0.39 is 0 Å². The first-order valence-corrected chi connectivity index (χ1v) is 9.47. The third-order valence-electron chi connectivity index (χ3n) is 5.43. The molecule has 2 unspecified atom stereocenters. The lowest BCUT2D eigenvalue weighted by molar-refractivity contribution is 0.0914. The van der Waals surface area contributed by atoms with Crippen molar-refractivity contribution >= 4 is 18.3 Å². The van der Waals surface area contributed by atoms with Gasteiger partial charge in [-0.1, -0.05) is 26.2 Å². The predicted molar refractivity (Wildman–Crippen MR) is 104 cm³/mol. The van der Waals surface area contributed by atoms with Crippen molar-refractivity contribution in [1.29, 1.82) is 0 Å². The monoisotopic (exact) mass is 366 g/mol. The van der Waals surface area contributed by atoms with E-state index in [1.165, 1.54) is 32.1 Å². The number of nitrogens with one attached hydrogen (secondary N) is 2. The van der Waals surface area contributed by atoms with Crippen LogP contribution in [0, 0.1) is 11.8 Å². The zero-order valence-corrected chi connectivity index (χ0v) is 15.9. The lowest BCUT2D eigenvalue weighted by atomic mass is 9.90. The number of carbonyl (C=O) groups is 1. The normalized spacial score (nSPS) is 24.2. The smallest absolute Gasteiger partial charge is 0.251 e. The van der Waals surface area contributed by atoms with E-state index in [1.807, 2.05) is 24.3 Å². The van der Waals surface area contributed by atoms with Crippen molar-refractivity contribution in [3.05, 3.63) is 29.8 Å². The molecular weight excluding hydrogens is 336 g/mol. The Morgan fingerprint density at radius 1 is 1.16 bits per heavy atom. The Balaban J connectivity index is 0.00000225. The summed E-state index contributed by atoms with van der Waals surface area (Å²) in [7, 11) is 0. The predicted octanol–water partition coefficient (Wildman–Crippen LogP) is 3.80. The van der Waals surface area contributed by atoms with Crippen LogP contribution in [0.25, 0.3) is 0 Å². The number of amides is 1. The molecule has 1 aromatic carbocycles. The number of hydrogen-bond donors (Lipinski definition) is 2. The van der Waals surface area contributed by atoms with E-state index in [-0.39, 0.29) is 24.4 Å². The van der Waals surface area contributed by atoms with Gasteiger partial charge in [0.25, 0.3) is 5.91 Å². The quantitative estimate of drug-likeness (QED) is 0.833. The largest absolute Gasteiger partial charge is 0.493 e. The molecule has 1 aliphatic carbocycles. The van der Waals surface area contributed by atoms with Crippen LogP contribution < -0.4 is 15.4 Å². The van der Waals surface area contributed by atoms with Gasteiger partial charge in [-0.05, 0) is 68.5 Å². The Morgan fingerprint density at radius 2 is 1.88 bits per heavy atom. The van der Waals surface area contributed by atoms with Gasteiger partial charge in [0.1, 0.15) is 5.75 Å². The van der Waals surface area contributed by atoms with Crippen molar-refractivity contribution in [2.24, 2.45) is 11.8 Å². The number of halogens is 1. The third kappa shape index (κ3) is 5.89. The van der Waals surface area contributed by atoms with Crippen LogP contribution in [0.5, 0.6) is 5.75 Å². The summed E-state index contributed by atoms with van der Waals surface area (Å²) in [5.74, 6) is 2.06. The van der Waals surface area contributed by atoms with Crippen molar-refractivity contribution in [3.63, 3.8) is 0 Å². The molecule has 4 nitrogen and oxygen atoms in total. The van der Waals surface area contributed by atoms with Crippen molar-refractivity contribution in [2.75, 3.05) is 19.7 Å². The Kier molecular flexibility index (Phi) is 8.04. The molecule has 1 saturated carbocycles. The first-order valence-electron chi connectivity index (χ1n) is 9.47. The van der Waals surface area contributed by atoms with E-state index in [2.05, 4.69) is 17.6 Å². The van der Waals surface area contributed by atoms with Crippen LogP contribution in [0.3, 0.4) is 0 Å². The second-order valence-corrected chi connectivity index (χ2v) is 7.39. The van der Waals surface area contributed by atoms with Gasteiger partial charge < -0.3 is 15.4 Å². The zero-order chi connectivity index (χ0) is 16.8. The van der Waals surface area contributed by atoms with Crippen LogP contribution in [-0.2, 0) is 0 Å². The Bertz CT molecular complexity index is 529. The number of ether oxygens (including phenoxy) is 1. The van der Waals surface area contributed by atoms with Crippen LogP contribution in [0.2, 0.25) is 0 Å². The zero-order valence-electron chi connectivity index (χ0n) is 15.1. The molecule has 1 saturated heterocycles. The fourth-order valence-electron chi connectivity index (χ4n) is 3.75. The van der Waals surface area contributed by atoms with Gasteiger partial charge in [-0.25, -0.2) is 0 Å². The second kappa shape index (κ2) is 10.0. The lowest BCUT2D eigenvalue weighted by Crippen LogP contribution is -2.48. The molecule has 5 heteroatoms. The van der Waals surface area contributed by atoms with Crippen molar-refractivity contribution < 1.29 is 9.53 Å². The molecular formula is C20H31ClN2O2. The van der Waals surface area contributed by atoms with Gasteiger partial charge in [-0.2, -0.15) is 0 Å². The molecule has 1 aromatic rings. The molecule has 0 spiro atoms. The van der Waals surface area contributed by atoms with Crippen LogP contribution in [-0.4, -0.2) is 31.6 Å². The van der Waals surface area contributed by atoms with Crippen LogP contribution in [0.4, 0.5) is 0 Å². The minimum absolute atomic E-state index is 0. The average molecular weight is 367 g/mol. The van der Waals surface area contributed by atoms with E-state index in [0.717, 1.165) is 31.9 Å². The molecule has 140 valence electrons. The van der Waals surface area contributed by atoms with E-state index in [4.69, 9.17) is 4.74 Å². The van der Waals surface area contributed by atoms with Crippen molar-refractivity contribution in [3.8, 4) is 5.75 Å². The van der Waals surface area contributed by atoms with Crippen LogP contribution >= 0.6 is 12.4 Å². The molecule has 2 atom stereocenters. The van der Waals surface area contributed by atoms with Gasteiger partial charge in [-0.15, -0.1) is 12.4 Å². The molecule has 0 radical (unpaired) electrons. The number of rotatable bonds is 5. The van der Waals surface area contributed by atoms with Gasteiger partial charge in [-0.3, -0.25) is 4.79 Å². The maximum absolute atomic E-state index is 12.4. The van der Waals surface area contributed by atoms with E-state index in [9.17, 15) is 4.79 Å². The molecule has 2 N–H and O–H groups in total. The standard InChI is InChI=1S/C20H30N2O2.ClH/c1-15-13-21-12-11-19(15)22-20(23)17-7-9-18(10-8-17)24-14-16-5-3-2-4-6-16;/h7-10,15-16,19,21H,2-6,11-14H2,1H3,(H,22,23);1H. The Hall–Kier alpha value is -1.26. The summed E-state index contributed by atoms with van der Waals surface area (Å²) in [5.41, 5.74) is 0.714. The summed E-state index contributed by atoms with van der Waals surface area (Å²) >= 11 is 0. The molecule has 0 aromatic heterocycles. The minimum atomic E-state index is 0. The summed E-state index contributed by atoms with van der Waals surface area (Å²) < 4.78 is 5.91. The topological polar surface area (TPSA) is 50.4 Å². The van der Waals surface area contributed by atoms with Crippen molar-refractivity contribution in [1.82, 2.24) is 10.6 Å².